The average molecular weight is 546 g/mol. The molecule has 0 radical (unpaired) electrons. The Balaban J connectivity index is 2.38. The third-order valence-electron chi connectivity index (χ3n) is 4.85. The highest BCUT2D eigenvalue weighted by Gasteiger charge is 2.30. The molecule has 0 saturated carbocycles. The van der Waals surface area contributed by atoms with E-state index in [9.17, 15) is 26.8 Å². The van der Waals surface area contributed by atoms with Gasteiger partial charge in [0.05, 0.1) is 11.9 Å². The third kappa shape index (κ3) is 7.50. The van der Waals surface area contributed by atoms with Gasteiger partial charge >= 0.3 is 0 Å². The van der Waals surface area contributed by atoms with Gasteiger partial charge in [-0.05, 0) is 43.2 Å². The molecule has 2 amide bonds. The van der Waals surface area contributed by atoms with Gasteiger partial charge in [-0.1, -0.05) is 35.0 Å². The molecule has 0 unspecified atom stereocenters. The molecule has 0 aromatic heterocycles. The van der Waals surface area contributed by atoms with Crippen LogP contribution in [0.3, 0.4) is 0 Å². The molecular weight excluding hydrogens is 520 g/mol. The Morgan fingerprint density at radius 1 is 1.09 bits per heavy atom. The number of carbonyl (C=O) groups is 2. The molecule has 1 N–H and O–H groups in total. The molecule has 0 aliphatic carbocycles. The fourth-order valence-corrected chi connectivity index (χ4v) is 4.12. The molecule has 0 aliphatic heterocycles. The minimum atomic E-state index is -4.02. The number of halogens is 3. The van der Waals surface area contributed by atoms with Crippen molar-refractivity contribution in [3.63, 3.8) is 0 Å². The van der Waals surface area contributed by atoms with Crippen molar-refractivity contribution in [2.75, 3.05) is 23.7 Å². The molecule has 0 spiro atoms. The van der Waals surface area contributed by atoms with Crippen molar-refractivity contribution in [2.24, 2.45) is 0 Å². The summed E-state index contributed by atoms with van der Waals surface area (Å²) in [7, 11) is -4.02. The van der Waals surface area contributed by atoms with Crippen LogP contribution in [0.5, 0.6) is 0 Å². The molecule has 2 aromatic rings. The Morgan fingerprint density at radius 3 is 2.27 bits per heavy atom. The number of hydrogen-bond acceptors (Lipinski definition) is 4. The van der Waals surface area contributed by atoms with E-state index in [0.717, 1.165) is 28.4 Å². The first kappa shape index (κ1) is 26.7. The lowest BCUT2D eigenvalue weighted by Crippen LogP contribution is -2.51. The molecule has 2 rings (SSSR count). The van der Waals surface area contributed by atoms with Gasteiger partial charge in [0, 0.05) is 23.6 Å². The summed E-state index contributed by atoms with van der Waals surface area (Å²) in [6, 6.07) is 8.76. The monoisotopic (exact) mass is 545 g/mol. The number of anilines is 1. The Morgan fingerprint density at radius 2 is 1.73 bits per heavy atom. The van der Waals surface area contributed by atoms with Gasteiger partial charge in [-0.3, -0.25) is 13.9 Å². The lowest BCUT2D eigenvalue weighted by atomic mass is 10.1. The molecule has 7 nitrogen and oxygen atoms in total. The lowest BCUT2D eigenvalue weighted by Gasteiger charge is -2.31. The molecule has 0 fully saturated rings. The van der Waals surface area contributed by atoms with Crippen LogP contribution in [0.4, 0.5) is 14.5 Å². The standard InChI is InChI=1S/C22H26BrF2N3O4S/c1-4-11-26-22(30)15(2)27(13-16-5-7-17(23)8-6-16)21(29)14-28(33(3,31)32)18-9-10-19(24)20(25)12-18/h5-10,12,15H,4,11,13-14H2,1-3H3,(H,26,30)/t15-/m1/s1. The molecule has 0 saturated heterocycles. The fraction of sp³-hybridized carbons (Fsp3) is 0.364. The number of nitrogens with zero attached hydrogens (tertiary/aromatic N) is 2. The zero-order chi connectivity index (χ0) is 24.8. The summed E-state index contributed by atoms with van der Waals surface area (Å²) in [5, 5.41) is 2.73. The van der Waals surface area contributed by atoms with Crippen LogP contribution >= 0.6 is 15.9 Å². The van der Waals surface area contributed by atoms with E-state index in [4.69, 9.17) is 0 Å². The molecule has 2 aromatic carbocycles. The molecular formula is C22H26BrF2N3O4S. The van der Waals surface area contributed by atoms with Crippen molar-refractivity contribution in [1.29, 1.82) is 0 Å². The number of carbonyl (C=O) groups excluding carboxylic acids is 2. The molecule has 180 valence electrons. The second-order valence-corrected chi connectivity index (χ2v) is 10.3. The summed E-state index contributed by atoms with van der Waals surface area (Å²) in [6.07, 6.45) is 1.56. The second kappa shape index (κ2) is 11.6. The second-order valence-electron chi connectivity index (χ2n) is 7.48. The van der Waals surface area contributed by atoms with Gasteiger partial charge < -0.3 is 10.2 Å². The smallest absolute Gasteiger partial charge is 0.244 e. The summed E-state index contributed by atoms with van der Waals surface area (Å²) < 4.78 is 53.4. The fourth-order valence-electron chi connectivity index (χ4n) is 3.02. The highest BCUT2D eigenvalue weighted by Crippen LogP contribution is 2.22. The van der Waals surface area contributed by atoms with Crippen molar-refractivity contribution in [2.45, 2.75) is 32.9 Å². The van der Waals surface area contributed by atoms with E-state index in [1.54, 1.807) is 31.2 Å². The summed E-state index contributed by atoms with van der Waals surface area (Å²) in [4.78, 5) is 27.1. The van der Waals surface area contributed by atoms with Crippen molar-refractivity contribution in [3.05, 3.63) is 64.1 Å². The van der Waals surface area contributed by atoms with Crippen LogP contribution in [-0.4, -0.2) is 50.5 Å². The van der Waals surface area contributed by atoms with E-state index in [-0.39, 0.29) is 18.1 Å². The van der Waals surface area contributed by atoms with E-state index in [1.165, 1.54) is 4.90 Å². The molecule has 11 heteroatoms. The maximum atomic E-state index is 13.7. The van der Waals surface area contributed by atoms with E-state index in [1.807, 2.05) is 6.92 Å². The van der Waals surface area contributed by atoms with Crippen molar-refractivity contribution >= 4 is 43.5 Å². The number of sulfonamides is 1. The van der Waals surface area contributed by atoms with Crippen LogP contribution in [0.15, 0.2) is 46.9 Å². The van der Waals surface area contributed by atoms with Gasteiger partial charge in [0.25, 0.3) is 0 Å². The number of amides is 2. The Labute approximate surface area is 200 Å². The SMILES string of the molecule is CCCNC(=O)[C@@H](C)N(Cc1ccc(Br)cc1)C(=O)CN(c1ccc(F)c(F)c1)S(C)(=O)=O. The minimum absolute atomic E-state index is 0.0439. The van der Waals surface area contributed by atoms with Crippen LogP contribution < -0.4 is 9.62 Å². The van der Waals surface area contributed by atoms with Gasteiger partial charge in [0.1, 0.15) is 12.6 Å². The highest BCUT2D eigenvalue weighted by atomic mass is 79.9. The summed E-state index contributed by atoms with van der Waals surface area (Å²) in [6.45, 7) is 3.22. The molecule has 0 aliphatic rings. The van der Waals surface area contributed by atoms with Crippen LogP contribution in [0.1, 0.15) is 25.8 Å². The quantitative estimate of drug-likeness (QED) is 0.495. The van der Waals surface area contributed by atoms with Gasteiger partial charge in [-0.15, -0.1) is 0 Å². The van der Waals surface area contributed by atoms with Crippen molar-refractivity contribution < 1.29 is 26.8 Å². The largest absolute Gasteiger partial charge is 0.354 e. The minimum Gasteiger partial charge on any atom is -0.354 e. The molecule has 0 bridgehead atoms. The Kier molecular flexibility index (Phi) is 9.35. The van der Waals surface area contributed by atoms with E-state index >= 15 is 0 Å². The zero-order valence-corrected chi connectivity index (χ0v) is 20.9. The summed E-state index contributed by atoms with van der Waals surface area (Å²) in [5.74, 6) is -3.45. The van der Waals surface area contributed by atoms with Crippen molar-refractivity contribution in [1.82, 2.24) is 10.2 Å². The molecule has 33 heavy (non-hydrogen) atoms. The summed E-state index contributed by atoms with van der Waals surface area (Å²) in [5.41, 5.74) is 0.525. The zero-order valence-electron chi connectivity index (χ0n) is 18.5. The topological polar surface area (TPSA) is 86.8 Å². The van der Waals surface area contributed by atoms with E-state index < -0.39 is 40.2 Å². The van der Waals surface area contributed by atoms with Crippen LogP contribution in [-0.2, 0) is 26.2 Å². The van der Waals surface area contributed by atoms with Crippen LogP contribution in [0, 0.1) is 11.6 Å². The third-order valence-corrected chi connectivity index (χ3v) is 6.52. The summed E-state index contributed by atoms with van der Waals surface area (Å²) >= 11 is 3.34. The van der Waals surface area contributed by atoms with Crippen molar-refractivity contribution in [3.8, 4) is 0 Å². The molecule has 1 atom stereocenters. The number of nitrogens with one attached hydrogen (secondary N) is 1. The van der Waals surface area contributed by atoms with E-state index in [0.29, 0.717) is 23.3 Å². The Hall–Kier alpha value is -2.53. The van der Waals surface area contributed by atoms with Gasteiger partial charge in [0.15, 0.2) is 11.6 Å². The first-order chi connectivity index (χ1) is 15.4. The van der Waals surface area contributed by atoms with Crippen LogP contribution in [0.25, 0.3) is 0 Å². The first-order valence-electron chi connectivity index (χ1n) is 10.2. The van der Waals surface area contributed by atoms with Gasteiger partial charge in [-0.2, -0.15) is 0 Å². The maximum absolute atomic E-state index is 13.7. The maximum Gasteiger partial charge on any atom is 0.244 e. The average Bonchev–Trinajstić information content (AvgIpc) is 2.76. The number of rotatable bonds is 10. The normalized spacial score (nSPS) is 12.2. The molecule has 0 heterocycles. The lowest BCUT2D eigenvalue weighted by molar-refractivity contribution is -0.139. The predicted octanol–water partition coefficient (Wildman–Crippen LogP) is 3.44. The number of benzene rings is 2. The van der Waals surface area contributed by atoms with E-state index in [2.05, 4.69) is 21.2 Å². The first-order valence-corrected chi connectivity index (χ1v) is 12.8. The van der Waals surface area contributed by atoms with Crippen LogP contribution in [0.2, 0.25) is 0 Å². The van der Waals surface area contributed by atoms with Gasteiger partial charge in [-0.25, -0.2) is 17.2 Å². The Bertz CT molecular complexity index is 1100. The number of hydrogen-bond donors (Lipinski definition) is 1. The van der Waals surface area contributed by atoms with Gasteiger partial charge in [0.2, 0.25) is 21.8 Å². The predicted molar refractivity (Wildman–Crippen MR) is 126 cm³/mol. The highest BCUT2D eigenvalue weighted by molar-refractivity contribution is 9.10.